The summed E-state index contributed by atoms with van der Waals surface area (Å²) < 4.78 is 0. The normalized spacial score (nSPS) is 12.2. The lowest BCUT2D eigenvalue weighted by Gasteiger charge is -1.92. The Morgan fingerprint density at radius 1 is 1.10 bits per heavy atom. The number of allylic oxidation sites excluding steroid dienone is 6. The van der Waals surface area contributed by atoms with E-state index >= 15 is 0 Å². The number of hydrogen-bond donors (Lipinski definition) is 0. The Bertz CT molecular complexity index is 164. The first-order valence-electron chi connectivity index (χ1n) is 3.64. The van der Waals surface area contributed by atoms with Crippen LogP contribution in [0.1, 0.15) is 27.7 Å². The molecule has 0 N–H and O–H groups in total. The van der Waals surface area contributed by atoms with Crippen molar-refractivity contribution in [2.75, 3.05) is 0 Å². The lowest BCUT2D eigenvalue weighted by atomic mass is 10.1. The quantitative estimate of drug-likeness (QED) is 0.510. The van der Waals surface area contributed by atoms with E-state index in [1.807, 2.05) is 6.92 Å². The molecule has 0 aromatic heterocycles. The highest BCUT2D eigenvalue weighted by atomic mass is 13.9. The second-order valence-corrected chi connectivity index (χ2v) is 2.51. The third kappa shape index (κ3) is 4.13. The molecule has 0 rings (SSSR count). The summed E-state index contributed by atoms with van der Waals surface area (Å²) >= 11 is 0. The summed E-state index contributed by atoms with van der Waals surface area (Å²) in [4.78, 5) is 0. The minimum atomic E-state index is 1.28. The van der Waals surface area contributed by atoms with Crippen LogP contribution in [0.4, 0.5) is 0 Å². The van der Waals surface area contributed by atoms with Crippen LogP contribution < -0.4 is 0 Å². The summed E-state index contributed by atoms with van der Waals surface area (Å²) in [5.74, 6) is 0. The Labute approximate surface area is 64.0 Å². The molecule has 0 radical (unpaired) electrons. The summed E-state index contributed by atoms with van der Waals surface area (Å²) in [5, 5.41) is 0. The third-order valence-electron chi connectivity index (χ3n) is 1.15. The monoisotopic (exact) mass is 136 g/mol. The molecule has 0 aliphatic rings. The molecule has 10 heavy (non-hydrogen) atoms. The molecular weight excluding hydrogens is 120 g/mol. The van der Waals surface area contributed by atoms with Gasteiger partial charge in [-0.25, -0.2) is 0 Å². The first-order chi connectivity index (χ1) is 4.70. The van der Waals surface area contributed by atoms with Gasteiger partial charge in [0.15, 0.2) is 0 Å². The van der Waals surface area contributed by atoms with Gasteiger partial charge in [-0.15, -0.1) is 0 Å². The molecule has 0 heterocycles. The fraction of sp³-hybridized carbons (Fsp3) is 0.400. The van der Waals surface area contributed by atoms with Gasteiger partial charge >= 0.3 is 0 Å². The van der Waals surface area contributed by atoms with E-state index < -0.39 is 0 Å². The van der Waals surface area contributed by atoms with E-state index in [1.165, 1.54) is 11.1 Å². The number of rotatable bonds is 2. The van der Waals surface area contributed by atoms with Crippen molar-refractivity contribution in [3.63, 3.8) is 0 Å². The molecule has 0 unspecified atom stereocenters. The Morgan fingerprint density at radius 2 is 1.70 bits per heavy atom. The molecule has 0 nitrogen and oxygen atoms in total. The third-order valence-corrected chi connectivity index (χ3v) is 1.15. The summed E-state index contributed by atoms with van der Waals surface area (Å²) in [6.07, 6.45) is 8.43. The van der Waals surface area contributed by atoms with Crippen molar-refractivity contribution in [3.05, 3.63) is 35.5 Å². The molecule has 0 atom stereocenters. The maximum atomic E-state index is 2.17. The molecule has 0 aliphatic heterocycles. The van der Waals surface area contributed by atoms with Crippen molar-refractivity contribution in [2.45, 2.75) is 27.7 Å². The van der Waals surface area contributed by atoms with E-state index in [4.69, 9.17) is 0 Å². The average Bonchev–Trinajstić information content (AvgIpc) is 1.86. The van der Waals surface area contributed by atoms with Crippen molar-refractivity contribution < 1.29 is 0 Å². The van der Waals surface area contributed by atoms with Gasteiger partial charge in [0.05, 0.1) is 0 Å². The maximum absolute atomic E-state index is 2.17. The Morgan fingerprint density at radius 3 is 2.00 bits per heavy atom. The van der Waals surface area contributed by atoms with Crippen LogP contribution in [0.5, 0.6) is 0 Å². The van der Waals surface area contributed by atoms with Gasteiger partial charge in [0.2, 0.25) is 0 Å². The molecule has 0 bridgehead atoms. The molecule has 0 aliphatic carbocycles. The maximum Gasteiger partial charge on any atom is -0.0303 e. The van der Waals surface area contributed by atoms with E-state index in [2.05, 4.69) is 45.1 Å². The SMILES string of the molecule is CC=CC(C=C(C)C)=CC. The van der Waals surface area contributed by atoms with Crippen LogP contribution in [0.25, 0.3) is 0 Å². The van der Waals surface area contributed by atoms with Gasteiger partial charge in [0, 0.05) is 0 Å². The van der Waals surface area contributed by atoms with Crippen molar-refractivity contribution in [1.29, 1.82) is 0 Å². The molecule has 0 saturated carbocycles. The molecular formula is C10H16. The molecule has 0 fully saturated rings. The van der Waals surface area contributed by atoms with Gasteiger partial charge in [-0.3, -0.25) is 0 Å². The van der Waals surface area contributed by atoms with Crippen LogP contribution in [-0.4, -0.2) is 0 Å². The van der Waals surface area contributed by atoms with Crippen LogP contribution in [0.2, 0.25) is 0 Å². The standard InChI is InChI=1S/C10H16/c1-5-7-10(6-2)8-9(3)4/h5-8H,1-4H3. The van der Waals surface area contributed by atoms with Crippen LogP contribution >= 0.6 is 0 Å². The second-order valence-electron chi connectivity index (χ2n) is 2.51. The van der Waals surface area contributed by atoms with Gasteiger partial charge in [-0.2, -0.15) is 0 Å². The molecule has 56 valence electrons. The van der Waals surface area contributed by atoms with Crippen LogP contribution in [0, 0.1) is 0 Å². The van der Waals surface area contributed by atoms with Crippen LogP contribution in [-0.2, 0) is 0 Å². The molecule has 0 heteroatoms. The largest absolute Gasteiger partial charge is 0.0871 e. The summed E-state index contributed by atoms with van der Waals surface area (Å²) in [6.45, 7) is 8.29. The first-order valence-corrected chi connectivity index (χ1v) is 3.64. The second kappa shape index (κ2) is 5.04. The zero-order chi connectivity index (χ0) is 7.98. The zero-order valence-corrected chi connectivity index (χ0v) is 7.31. The Kier molecular flexibility index (Phi) is 4.65. The van der Waals surface area contributed by atoms with Crippen molar-refractivity contribution in [1.82, 2.24) is 0 Å². The highest BCUT2D eigenvalue weighted by molar-refractivity contribution is 5.31. The predicted molar refractivity (Wildman–Crippen MR) is 48.0 cm³/mol. The topological polar surface area (TPSA) is 0 Å². The molecule has 0 spiro atoms. The lowest BCUT2D eigenvalue weighted by Crippen LogP contribution is -1.71. The highest BCUT2D eigenvalue weighted by Crippen LogP contribution is 2.02. The van der Waals surface area contributed by atoms with Gasteiger partial charge in [0.1, 0.15) is 0 Å². The van der Waals surface area contributed by atoms with E-state index in [1.54, 1.807) is 0 Å². The van der Waals surface area contributed by atoms with Crippen molar-refractivity contribution in [3.8, 4) is 0 Å². The molecule has 0 aromatic carbocycles. The van der Waals surface area contributed by atoms with E-state index in [0.29, 0.717) is 0 Å². The van der Waals surface area contributed by atoms with Gasteiger partial charge in [0.25, 0.3) is 0 Å². The van der Waals surface area contributed by atoms with Crippen LogP contribution in [0.3, 0.4) is 0 Å². The average molecular weight is 136 g/mol. The lowest BCUT2D eigenvalue weighted by molar-refractivity contribution is 1.37. The molecule has 0 aromatic rings. The zero-order valence-electron chi connectivity index (χ0n) is 7.31. The fourth-order valence-corrected chi connectivity index (χ4v) is 0.753. The van der Waals surface area contributed by atoms with Gasteiger partial charge in [-0.1, -0.05) is 29.9 Å². The fourth-order valence-electron chi connectivity index (χ4n) is 0.753. The Balaban J connectivity index is 4.26. The molecule has 0 amide bonds. The van der Waals surface area contributed by atoms with Gasteiger partial charge < -0.3 is 0 Å². The smallest absolute Gasteiger partial charge is 0.0303 e. The summed E-state index contributed by atoms with van der Waals surface area (Å²) in [5.41, 5.74) is 2.62. The summed E-state index contributed by atoms with van der Waals surface area (Å²) in [6, 6.07) is 0. The van der Waals surface area contributed by atoms with E-state index in [9.17, 15) is 0 Å². The van der Waals surface area contributed by atoms with Crippen LogP contribution in [0.15, 0.2) is 35.5 Å². The van der Waals surface area contributed by atoms with Gasteiger partial charge in [-0.05, 0) is 33.3 Å². The van der Waals surface area contributed by atoms with Crippen molar-refractivity contribution >= 4 is 0 Å². The highest BCUT2D eigenvalue weighted by Gasteiger charge is 1.81. The first kappa shape index (κ1) is 9.22. The van der Waals surface area contributed by atoms with E-state index in [-0.39, 0.29) is 0 Å². The minimum absolute atomic E-state index is 1.28. The predicted octanol–water partition coefficient (Wildman–Crippen LogP) is 3.48. The number of hydrogen-bond acceptors (Lipinski definition) is 0. The van der Waals surface area contributed by atoms with Crippen molar-refractivity contribution in [2.24, 2.45) is 0 Å². The minimum Gasteiger partial charge on any atom is -0.0871 e. The summed E-state index contributed by atoms with van der Waals surface area (Å²) in [7, 11) is 0. The molecule has 0 saturated heterocycles. The van der Waals surface area contributed by atoms with E-state index in [0.717, 1.165) is 0 Å². The Hall–Kier alpha value is -0.780.